The number of hydrogen-bond acceptors (Lipinski definition) is 6. The van der Waals surface area contributed by atoms with Crippen LogP contribution in [0.1, 0.15) is 6.42 Å². The highest BCUT2D eigenvalue weighted by Crippen LogP contribution is 2.35. The van der Waals surface area contributed by atoms with Gasteiger partial charge < -0.3 is 19.7 Å². The molecule has 2 aliphatic rings. The average molecular weight is 360 g/mol. The fraction of sp³-hybridized carbons (Fsp3) is 0.312. The van der Waals surface area contributed by atoms with Gasteiger partial charge in [0.15, 0.2) is 16.6 Å². The van der Waals surface area contributed by atoms with Gasteiger partial charge in [0, 0.05) is 36.3 Å². The normalized spacial score (nSPS) is 19.0. The molecule has 2 aliphatic heterocycles. The smallest absolute Gasteiger partial charge is 0.321 e. The van der Waals surface area contributed by atoms with E-state index < -0.39 is 0 Å². The molecule has 0 saturated carbocycles. The molecule has 3 heterocycles. The minimum absolute atomic E-state index is 0.0452. The van der Waals surface area contributed by atoms with Crippen LogP contribution in [0, 0.1) is 0 Å². The van der Waals surface area contributed by atoms with Crippen molar-refractivity contribution in [2.24, 2.45) is 0 Å². The van der Waals surface area contributed by atoms with E-state index in [1.807, 2.05) is 6.07 Å². The molecule has 2 N–H and O–H groups in total. The highest BCUT2D eigenvalue weighted by atomic mass is 32.1. The molecule has 0 unspecified atom stereocenters. The Labute approximate surface area is 147 Å². The number of aromatic nitrogens is 1. The van der Waals surface area contributed by atoms with Gasteiger partial charge in [-0.05, 0) is 12.1 Å². The van der Waals surface area contributed by atoms with Crippen LogP contribution < -0.4 is 25.0 Å². The third-order valence-electron chi connectivity index (χ3n) is 3.95. The summed E-state index contributed by atoms with van der Waals surface area (Å²) in [5.74, 6) is 1.27. The van der Waals surface area contributed by atoms with E-state index in [1.54, 1.807) is 28.6 Å². The zero-order chi connectivity index (χ0) is 17.2. The van der Waals surface area contributed by atoms with E-state index in [0.29, 0.717) is 36.4 Å². The van der Waals surface area contributed by atoms with Crippen LogP contribution >= 0.6 is 11.3 Å². The number of benzene rings is 1. The predicted molar refractivity (Wildman–Crippen MR) is 92.5 cm³/mol. The zero-order valence-corrected chi connectivity index (χ0v) is 14.0. The first-order chi connectivity index (χ1) is 12.2. The molecule has 0 bridgehead atoms. The Hall–Kier alpha value is -2.81. The second-order valence-electron chi connectivity index (χ2n) is 5.67. The fourth-order valence-electron chi connectivity index (χ4n) is 2.86. The Morgan fingerprint density at radius 3 is 2.92 bits per heavy atom. The quantitative estimate of drug-likeness (QED) is 0.871. The number of hydrogen-bond donors (Lipinski definition) is 2. The average Bonchev–Trinajstić information content (AvgIpc) is 3.24. The lowest BCUT2D eigenvalue weighted by Crippen LogP contribution is -2.39. The number of thiazole rings is 1. The summed E-state index contributed by atoms with van der Waals surface area (Å²) in [6.07, 6.45) is 1.86. The predicted octanol–water partition coefficient (Wildman–Crippen LogP) is 1.84. The van der Waals surface area contributed by atoms with E-state index in [1.165, 1.54) is 11.3 Å². The molecule has 9 heteroatoms. The summed E-state index contributed by atoms with van der Waals surface area (Å²) in [7, 11) is 0. The van der Waals surface area contributed by atoms with E-state index in [4.69, 9.17) is 9.47 Å². The standard InChI is InChI=1S/C16H16N4O4S/c21-14-7-10(18-15(22)19-16-17-3-6-25-16)9-20(14)11-1-2-12-13(8-11)24-5-4-23-12/h1-3,6,8,10H,4-5,7,9H2,(H2,17,18,19,22)/t10-/m0/s1. The molecule has 1 aromatic carbocycles. The van der Waals surface area contributed by atoms with Gasteiger partial charge in [-0.3, -0.25) is 10.1 Å². The van der Waals surface area contributed by atoms with Crippen molar-refractivity contribution in [2.75, 3.05) is 30.0 Å². The summed E-state index contributed by atoms with van der Waals surface area (Å²) in [6, 6.07) is 4.79. The van der Waals surface area contributed by atoms with Gasteiger partial charge in [-0.2, -0.15) is 0 Å². The molecule has 3 amide bonds. The number of carbonyl (C=O) groups excluding carboxylic acids is 2. The minimum atomic E-state index is -0.364. The highest BCUT2D eigenvalue weighted by Gasteiger charge is 2.32. The van der Waals surface area contributed by atoms with Crippen LogP contribution in [0.15, 0.2) is 29.8 Å². The Balaban J connectivity index is 1.41. The first-order valence-corrected chi connectivity index (χ1v) is 8.74. The summed E-state index contributed by atoms with van der Waals surface area (Å²) in [5, 5.41) is 7.75. The molecular weight excluding hydrogens is 344 g/mol. The van der Waals surface area contributed by atoms with Gasteiger partial charge in [0.25, 0.3) is 0 Å². The van der Waals surface area contributed by atoms with Crippen LogP contribution in [0.5, 0.6) is 11.5 Å². The van der Waals surface area contributed by atoms with Gasteiger partial charge in [-0.25, -0.2) is 9.78 Å². The van der Waals surface area contributed by atoms with E-state index in [0.717, 1.165) is 5.69 Å². The van der Waals surface area contributed by atoms with Crippen LogP contribution in [-0.4, -0.2) is 42.7 Å². The van der Waals surface area contributed by atoms with Crippen molar-refractivity contribution in [3.63, 3.8) is 0 Å². The topological polar surface area (TPSA) is 92.8 Å². The van der Waals surface area contributed by atoms with Gasteiger partial charge in [0.1, 0.15) is 13.2 Å². The minimum Gasteiger partial charge on any atom is -0.486 e. The summed E-state index contributed by atoms with van der Waals surface area (Å²) in [6.45, 7) is 1.42. The third-order valence-corrected chi connectivity index (χ3v) is 4.64. The number of anilines is 2. The number of fused-ring (bicyclic) bond motifs is 1. The van der Waals surface area contributed by atoms with Crippen molar-refractivity contribution in [1.82, 2.24) is 10.3 Å². The Bertz CT molecular complexity index is 795. The van der Waals surface area contributed by atoms with Crippen molar-refractivity contribution >= 4 is 34.1 Å². The van der Waals surface area contributed by atoms with Gasteiger partial charge >= 0.3 is 6.03 Å². The van der Waals surface area contributed by atoms with Crippen molar-refractivity contribution in [2.45, 2.75) is 12.5 Å². The SMILES string of the molecule is O=C(Nc1nccs1)N[C@H]1CC(=O)N(c2ccc3c(c2)OCCO3)C1. The van der Waals surface area contributed by atoms with E-state index in [-0.39, 0.29) is 24.4 Å². The molecule has 130 valence electrons. The van der Waals surface area contributed by atoms with Gasteiger partial charge in [-0.15, -0.1) is 11.3 Å². The highest BCUT2D eigenvalue weighted by molar-refractivity contribution is 7.13. The molecule has 0 aliphatic carbocycles. The van der Waals surface area contributed by atoms with Crippen molar-refractivity contribution in [3.8, 4) is 11.5 Å². The van der Waals surface area contributed by atoms with Gasteiger partial charge in [-0.1, -0.05) is 0 Å². The molecule has 1 fully saturated rings. The molecule has 25 heavy (non-hydrogen) atoms. The van der Waals surface area contributed by atoms with Gasteiger partial charge in [0.2, 0.25) is 5.91 Å². The number of ether oxygens (including phenoxy) is 2. The Morgan fingerprint density at radius 2 is 2.12 bits per heavy atom. The second-order valence-corrected chi connectivity index (χ2v) is 6.56. The molecule has 0 spiro atoms. The van der Waals surface area contributed by atoms with Crippen molar-refractivity contribution < 1.29 is 19.1 Å². The maximum atomic E-state index is 12.3. The molecule has 4 rings (SSSR count). The molecule has 2 aromatic rings. The van der Waals surface area contributed by atoms with Crippen LogP contribution in [0.25, 0.3) is 0 Å². The number of nitrogens with one attached hydrogen (secondary N) is 2. The van der Waals surface area contributed by atoms with Crippen LogP contribution in [0.4, 0.5) is 15.6 Å². The molecule has 8 nitrogen and oxygen atoms in total. The lowest BCUT2D eigenvalue weighted by atomic mass is 10.2. The summed E-state index contributed by atoms with van der Waals surface area (Å²) < 4.78 is 11.1. The Kier molecular flexibility index (Phi) is 4.14. The lowest BCUT2D eigenvalue weighted by Gasteiger charge is -2.22. The molecule has 1 aromatic heterocycles. The Morgan fingerprint density at radius 1 is 1.28 bits per heavy atom. The number of rotatable bonds is 3. The van der Waals surface area contributed by atoms with E-state index in [2.05, 4.69) is 15.6 Å². The molecular formula is C16H16N4O4S. The van der Waals surface area contributed by atoms with Crippen LogP contribution in [0.2, 0.25) is 0 Å². The number of amides is 3. The van der Waals surface area contributed by atoms with Crippen molar-refractivity contribution in [3.05, 3.63) is 29.8 Å². The number of urea groups is 1. The lowest BCUT2D eigenvalue weighted by molar-refractivity contribution is -0.117. The largest absolute Gasteiger partial charge is 0.486 e. The maximum absolute atomic E-state index is 12.3. The second kappa shape index (κ2) is 6.60. The number of carbonyl (C=O) groups is 2. The van der Waals surface area contributed by atoms with E-state index >= 15 is 0 Å². The zero-order valence-electron chi connectivity index (χ0n) is 13.2. The maximum Gasteiger partial charge on any atom is 0.321 e. The summed E-state index contributed by atoms with van der Waals surface area (Å²) in [5.41, 5.74) is 0.735. The molecule has 1 atom stereocenters. The summed E-state index contributed by atoms with van der Waals surface area (Å²) in [4.78, 5) is 29.9. The van der Waals surface area contributed by atoms with Crippen LogP contribution in [0.3, 0.4) is 0 Å². The van der Waals surface area contributed by atoms with E-state index in [9.17, 15) is 9.59 Å². The number of nitrogens with zero attached hydrogens (tertiary/aromatic N) is 2. The summed E-state index contributed by atoms with van der Waals surface area (Å²) >= 11 is 1.33. The fourth-order valence-corrected chi connectivity index (χ4v) is 3.38. The molecule has 1 saturated heterocycles. The molecule has 0 radical (unpaired) electrons. The van der Waals surface area contributed by atoms with Crippen LogP contribution in [-0.2, 0) is 4.79 Å². The first-order valence-electron chi connectivity index (χ1n) is 7.86. The third kappa shape index (κ3) is 3.36. The first kappa shape index (κ1) is 15.7. The van der Waals surface area contributed by atoms with Gasteiger partial charge in [0.05, 0.1) is 6.04 Å². The van der Waals surface area contributed by atoms with Crippen molar-refractivity contribution in [1.29, 1.82) is 0 Å². The monoisotopic (exact) mass is 360 g/mol.